The highest BCUT2D eigenvalue weighted by Crippen LogP contribution is 2.35. The number of carbonyl (C=O) groups is 2. The molecule has 0 unspecified atom stereocenters. The van der Waals surface area contributed by atoms with Gasteiger partial charge in [0.1, 0.15) is 17.2 Å². The molecule has 2 aromatic carbocycles. The third-order valence-electron chi connectivity index (χ3n) is 4.52. The molecular weight excluding hydrogens is 404 g/mol. The van der Waals surface area contributed by atoms with Gasteiger partial charge >= 0.3 is 5.97 Å². The summed E-state index contributed by atoms with van der Waals surface area (Å²) in [5.74, 6) is 0.562. The van der Waals surface area contributed by atoms with Crippen LogP contribution in [0.25, 0.3) is 6.08 Å². The first-order valence-electron chi connectivity index (χ1n) is 10.2. The van der Waals surface area contributed by atoms with Crippen LogP contribution < -0.4 is 14.8 Å². The monoisotopic (exact) mass is 430 g/mol. The predicted octanol–water partition coefficient (Wildman–Crippen LogP) is 5.75. The molecule has 1 heterocycles. The third kappa shape index (κ3) is 6.04. The van der Waals surface area contributed by atoms with Gasteiger partial charge in [0.25, 0.3) is 0 Å². The summed E-state index contributed by atoms with van der Waals surface area (Å²) in [7, 11) is 0. The number of aromatic nitrogens is 1. The van der Waals surface area contributed by atoms with Gasteiger partial charge in [-0.05, 0) is 35.8 Å². The number of amides is 1. The number of carbonyl (C=O) groups excluding carboxylic acids is 2. The summed E-state index contributed by atoms with van der Waals surface area (Å²) < 4.78 is 11.3. The average molecular weight is 431 g/mol. The van der Waals surface area contributed by atoms with Gasteiger partial charge in [0.05, 0.1) is 0 Å². The molecule has 0 bridgehead atoms. The fourth-order valence-electron chi connectivity index (χ4n) is 3.05. The molecule has 1 amide bonds. The molecule has 6 heteroatoms. The van der Waals surface area contributed by atoms with Gasteiger partial charge in [-0.25, -0.2) is 4.98 Å². The van der Waals surface area contributed by atoms with Crippen LogP contribution in [-0.4, -0.2) is 16.9 Å². The summed E-state index contributed by atoms with van der Waals surface area (Å²) >= 11 is 0. The van der Waals surface area contributed by atoms with Crippen molar-refractivity contribution in [1.29, 1.82) is 0 Å². The van der Waals surface area contributed by atoms with E-state index in [1.54, 1.807) is 48.7 Å². The lowest BCUT2D eigenvalue weighted by Gasteiger charge is -2.22. The normalized spacial score (nSPS) is 11.2. The fourth-order valence-corrected chi connectivity index (χ4v) is 3.05. The molecule has 32 heavy (non-hydrogen) atoms. The molecule has 0 atom stereocenters. The third-order valence-corrected chi connectivity index (χ3v) is 4.52. The molecule has 0 spiro atoms. The number of benzene rings is 2. The second kappa shape index (κ2) is 9.92. The highest BCUT2D eigenvalue weighted by Gasteiger charge is 2.20. The summed E-state index contributed by atoms with van der Waals surface area (Å²) in [6.07, 6.45) is 4.55. The maximum Gasteiger partial charge on any atom is 0.308 e. The molecule has 0 aliphatic heterocycles. The van der Waals surface area contributed by atoms with E-state index >= 15 is 0 Å². The first-order valence-corrected chi connectivity index (χ1v) is 10.2. The molecule has 164 valence electrons. The lowest BCUT2D eigenvalue weighted by molar-refractivity contribution is -0.131. The molecule has 6 nitrogen and oxygen atoms in total. The minimum Gasteiger partial charge on any atom is -0.437 e. The lowest BCUT2D eigenvalue weighted by Crippen LogP contribution is -2.13. The molecule has 0 saturated heterocycles. The van der Waals surface area contributed by atoms with Gasteiger partial charge < -0.3 is 14.8 Å². The summed E-state index contributed by atoms with van der Waals surface area (Å²) in [5.41, 5.74) is 1.97. The Balaban J connectivity index is 1.79. The van der Waals surface area contributed by atoms with Crippen molar-refractivity contribution in [3.63, 3.8) is 0 Å². The first kappa shape index (κ1) is 22.7. The van der Waals surface area contributed by atoms with Crippen molar-refractivity contribution in [3.8, 4) is 17.4 Å². The molecule has 0 aliphatic carbocycles. The van der Waals surface area contributed by atoms with Crippen LogP contribution >= 0.6 is 0 Å². The van der Waals surface area contributed by atoms with Crippen LogP contribution in [0.3, 0.4) is 0 Å². The smallest absolute Gasteiger partial charge is 0.308 e. The SMILES string of the molecule is CC(=O)Oc1ccccc1C=CC(=O)Nc1cccnc1Oc1ccccc1C(C)(C)C. The average Bonchev–Trinajstić information content (AvgIpc) is 2.74. The van der Waals surface area contributed by atoms with Crippen LogP contribution in [-0.2, 0) is 15.0 Å². The number of rotatable bonds is 6. The van der Waals surface area contributed by atoms with Gasteiger partial charge in [-0.3, -0.25) is 9.59 Å². The molecule has 3 aromatic rings. The van der Waals surface area contributed by atoms with Gasteiger partial charge in [-0.1, -0.05) is 57.2 Å². The van der Waals surface area contributed by atoms with Crippen LogP contribution in [0.5, 0.6) is 17.4 Å². The number of anilines is 1. The predicted molar refractivity (Wildman–Crippen MR) is 125 cm³/mol. The number of pyridine rings is 1. The van der Waals surface area contributed by atoms with Crippen molar-refractivity contribution >= 4 is 23.6 Å². The summed E-state index contributed by atoms with van der Waals surface area (Å²) in [5, 5.41) is 2.80. The zero-order chi connectivity index (χ0) is 23.1. The van der Waals surface area contributed by atoms with Crippen molar-refractivity contribution in [1.82, 2.24) is 4.98 Å². The van der Waals surface area contributed by atoms with Crippen molar-refractivity contribution < 1.29 is 19.1 Å². The molecular formula is C26H26N2O4. The molecule has 0 aliphatic rings. The van der Waals surface area contributed by atoms with E-state index in [2.05, 4.69) is 31.1 Å². The van der Waals surface area contributed by atoms with E-state index in [-0.39, 0.29) is 11.3 Å². The Morgan fingerprint density at radius 3 is 2.34 bits per heavy atom. The Hall–Kier alpha value is -3.93. The van der Waals surface area contributed by atoms with Gasteiger partial charge in [0, 0.05) is 30.3 Å². The maximum absolute atomic E-state index is 12.6. The number of nitrogens with zero attached hydrogens (tertiary/aromatic N) is 1. The van der Waals surface area contributed by atoms with E-state index in [9.17, 15) is 9.59 Å². The number of para-hydroxylation sites is 2. The second-order valence-electron chi connectivity index (χ2n) is 8.16. The zero-order valence-corrected chi connectivity index (χ0v) is 18.6. The quantitative estimate of drug-likeness (QED) is 0.306. The Morgan fingerprint density at radius 2 is 1.62 bits per heavy atom. The standard InChI is InChI=1S/C26H26N2O4/c1-18(29)31-22-13-7-5-10-19(22)15-16-24(30)28-21-12-9-17-27-25(21)32-23-14-8-6-11-20(23)26(2,3)4/h5-17H,1-4H3,(H,28,30). The first-order chi connectivity index (χ1) is 15.2. The topological polar surface area (TPSA) is 77.5 Å². The fraction of sp³-hybridized carbons (Fsp3) is 0.192. The number of ether oxygens (including phenoxy) is 2. The van der Waals surface area contributed by atoms with Gasteiger partial charge in [-0.2, -0.15) is 0 Å². The van der Waals surface area contributed by atoms with Crippen LogP contribution in [0.15, 0.2) is 72.9 Å². The van der Waals surface area contributed by atoms with Gasteiger partial charge in [0.2, 0.25) is 11.8 Å². The van der Waals surface area contributed by atoms with Crippen LogP contribution in [0, 0.1) is 0 Å². The minimum atomic E-state index is -0.428. The summed E-state index contributed by atoms with van der Waals surface area (Å²) in [4.78, 5) is 28.1. The number of esters is 1. The van der Waals surface area contributed by atoms with Gasteiger partial charge in [0.15, 0.2) is 0 Å². The highest BCUT2D eigenvalue weighted by atomic mass is 16.5. The molecule has 0 radical (unpaired) electrons. The Kier molecular flexibility index (Phi) is 7.05. The highest BCUT2D eigenvalue weighted by molar-refractivity contribution is 6.02. The van der Waals surface area contributed by atoms with Crippen LogP contribution in [0.4, 0.5) is 5.69 Å². The van der Waals surface area contributed by atoms with Crippen LogP contribution in [0.1, 0.15) is 38.8 Å². The Morgan fingerprint density at radius 1 is 0.938 bits per heavy atom. The van der Waals surface area contributed by atoms with Crippen molar-refractivity contribution in [2.45, 2.75) is 33.1 Å². The minimum absolute atomic E-state index is 0.118. The van der Waals surface area contributed by atoms with Crippen molar-refractivity contribution in [2.75, 3.05) is 5.32 Å². The summed E-state index contributed by atoms with van der Waals surface area (Å²) in [6, 6.07) is 18.2. The largest absolute Gasteiger partial charge is 0.437 e. The Bertz CT molecular complexity index is 1150. The molecule has 1 aromatic heterocycles. The lowest BCUT2D eigenvalue weighted by atomic mass is 9.86. The molecule has 1 N–H and O–H groups in total. The molecule has 0 saturated carbocycles. The van der Waals surface area contributed by atoms with E-state index < -0.39 is 5.97 Å². The van der Waals surface area contributed by atoms with E-state index in [4.69, 9.17) is 9.47 Å². The Labute approximate surface area is 187 Å². The summed E-state index contributed by atoms with van der Waals surface area (Å²) in [6.45, 7) is 7.65. The number of hydrogen-bond acceptors (Lipinski definition) is 5. The van der Waals surface area contributed by atoms with E-state index in [0.29, 0.717) is 28.6 Å². The maximum atomic E-state index is 12.6. The molecule has 0 fully saturated rings. The number of nitrogens with one attached hydrogen (secondary N) is 1. The van der Waals surface area contributed by atoms with Crippen molar-refractivity contribution in [3.05, 3.63) is 84.1 Å². The zero-order valence-electron chi connectivity index (χ0n) is 18.6. The molecule has 3 rings (SSSR count). The van der Waals surface area contributed by atoms with E-state index in [1.165, 1.54) is 13.0 Å². The van der Waals surface area contributed by atoms with Crippen molar-refractivity contribution in [2.24, 2.45) is 0 Å². The number of hydrogen-bond donors (Lipinski definition) is 1. The van der Waals surface area contributed by atoms with E-state index in [1.807, 2.05) is 24.3 Å². The second-order valence-corrected chi connectivity index (χ2v) is 8.16. The van der Waals surface area contributed by atoms with Crippen LogP contribution in [0.2, 0.25) is 0 Å². The van der Waals surface area contributed by atoms with Gasteiger partial charge in [-0.15, -0.1) is 0 Å². The van der Waals surface area contributed by atoms with E-state index in [0.717, 1.165) is 5.56 Å².